The maximum Gasteiger partial charge on any atom is 0.0554 e. The van der Waals surface area contributed by atoms with Gasteiger partial charge in [-0.1, -0.05) is 6.92 Å². The summed E-state index contributed by atoms with van der Waals surface area (Å²) in [5.74, 6) is 0.806. The van der Waals surface area contributed by atoms with E-state index in [9.17, 15) is 0 Å². The molecule has 0 saturated carbocycles. The molecular weight excluding hydrogens is 108 g/mol. The molecule has 0 atom stereocenters. The molecule has 0 aliphatic carbocycles. The summed E-state index contributed by atoms with van der Waals surface area (Å²) in [5.41, 5.74) is 0. The lowest BCUT2D eigenvalue weighted by Crippen LogP contribution is -1.95. The summed E-state index contributed by atoms with van der Waals surface area (Å²) in [5, 5.41) is 0. The molecule has 0 aliphatic rings. The van der Waals surface area contributed by atoms with E-state index in [1.807, 2.05) is 0 Å². The van der Waals surface area contributed by atoms with E-state index in [1.54, 1.807) is 0 Å². The van der Waals surface area contributed by atoms with Crippen molar-refractivity contribution in [1.29, 1.82) is 0 Å². The first-order chi connectivity index (χ1) is 3.41. The highest BCUT2D eigenvalue weighted by Gasteiger charge is 1.78. The standard InChI is InChI=1S/C5H11OS/c1-2-3-6-4-5-7/h7H,1-5H2. The Morgan fingerprint density at radius 2 is 2.14 bits per heavy atom. The van der Waals surface area contributed by atoms with Crippen molar-refractivity contribution in [3.05, 3.63) is 6.92 Å². The van der Waals surface area contributed by atoms with Crippen molar-refractivity contribution in [2.45, 2.75) is 6.42 Å². The van der Waals surface area contributed by atoms with Crippen LogP contribution in [0.5, 0.6) is 0 Å². The predicted molar refractivity (Wildman–Crippen MR) is 34.6 cm³/mol. The molecule has 0 spiro atoms. The maximum absolute atomic E-state index is 4.99. The average molecular weight is 119 g/mol. The maximum atomic E-state index is 4.99. The minimum absolute atomic E-state index is 0.749. The molecule has 1 nitrogen and oxygen atoms in total. The minimum atomic E-state index is 0.749. The van der Waals surface area contributed by atoms with E-state index in [1.165, 1.54) is 0 Å². The molecule has 0 aliphatic heterocycles. The number of hydrogen-bond donors (Lipinski definition) is 1. The molecule has 0 N–H and O–H groups in total. The molecular formula is C5H11OS. The van der Waals surface area contributed by atoms with Crippen molar-refractivity contribution in [3.8, 4) is 0 Å². The van der Waals surface area contributed by atoms with Crippen molar-refractivity contribution in [2.24, 2.45) is 0 Å². The molecule has 0 aromatic rings. The summed E-state index contributed by atoms with van der Waals surface area (Å²) < 4.78 is 4.99. The molecule has 0 aromatic heterocycles. The van der Waals surface area contributed by atoms with E-state index in [2.05, 4.69) is 19.6 Å². The SMILES string of the molecule is [CH2]CCOCCS. The number of hydrogen-bond acceptors (Lipinski definition) is 2. The van der Waals surface area contributed by atoms with Crippen molar-refractivity contribution in [2.75, 3.05) is 19.0 Å². The van der Waals surface area contributed by atoms with Crippen LogP contribution in [0.4, 0.5) is 0 Å². The van der Waals surface area contributed by atoms with E-state index < -0.39 is 0 Å². The lowest BCUT2D eigenvalue weighted by atomic mass is 10.5. The van der Waals surface area contributed by atoms with E-state index in [0.29, 0.717) is 0 Å². The third kappa shape index (κ3) is 6.31. The lowest BCUT2D eigenvalue weighted by molar-refractivity contribution is 0.155. The largest absolute Gasteiger partial charge is 0.381 e. The van der Waals surface area contributed by atoms with E-state index in [4.69, 9.17) is 4.74 Å². The van der Waals surface area contributed by atoms with Crippen LogP contribution in [0.25, 0.3) is 0 Å². The van der Waals surface area contributed by atoms with Gasteiger partial charge >= 0.3 is 0 Å². The van der Waals surface area contributed by atoms with Crippen LogP contribution < -0.4 is 0 Å². The molecule has 0 aromatic carbocycles. The number of thiol groups is 1. The Kier molecular flexibility index (Phi) is 6.59. The number of rotatable bonds is 4. The van der Waals surface area contributed by atoms with Gasteiger partial charge in [-0.3, -0.25) is 0 Å². The van der Waals surface area contributed by atoms with Gasteiger partial charge in [0.25, 0.3) is 0 Å². The van der Waals surface area contributed by atoms with Gasteiger partial charge in [0.2, 0.25) is 0 Å². The first-order valence-electron chi connectivity index (χ1n) is 2.39. The Hall–Kier alpha value is 0.310. The zero-order chi connectivity index (χ0) is 5.54. The first kappa shape index (κ1) is 7.31. The zero-order valence-corrected chi connectivity index (χ0v) is 5.29. The third-order valence-corrected chi connectivity index (χ3v) is 0.707. The summed E-state index contributed by atoms with van der Waals surface area (Å²) in [7, 11) is 0. The summed E-state index contributed by atoms with van der Waals surface area (Å²) in [6.45, 7) is 5.12. The van der Waals surface area contributed by atoms with Crippen molar-refractivity contribution in [3.63, 3.8) is 0 Å². The third-order valence-electron chi connectivity index (χ3n) is 0.524. The molecule has 2 heteroatoms. The van der Waals surface area contributed by atoms with Crippen LogP contribution >= 0.6 is 12.6 Å². The van der Waals surface area contributed by atoms with Gasteiger partial charge in [-0.15, -0.1) is 0 Å². The van der Waals surface area contributed by atoms with Crippen LogP contribution in [0, 0.1) is 6.92 Å². The number of ether oxygens (including phenoxy) is 1. The highest BCUT2D eigenvalue weighted by Crippen LogP contribution is 1.79. The van der Waals surface area contributed by atoms with Gasteiger partial charge in [0.15, 0.2) is 0 Å². The smallest absolute Gasteiger partial charge is 0.0554 e. The Labute approximate surface area is 50.5 Å². The molecule has 0 amide bonds. The molecule has 0 fully saturated rings. The summed E-state index contributed by atoms with van der Waals surface area (Å²) in [6, 6.07) is 0. The average Bonchev–Trinajstić information content (AvgIpc) is 1.69. The van der Waals surface area contributed by atoms with Gasteiger partial charge in [0.05, 0.1) is 6.61 Å². The van der Waals surface area contributed by atoms with Crippen molar-refractivity contribution >= 4 is 12.6 Å². The monoisotopic (exact) mass is 119 g/mol. The Bertz CT molecular complexity index is 27.3. The van der Waals surface area contributed by atoms with Crippen molar-refractivity contribution in [1.82, 2.24) is 0 Å². The molecule has 43 valence electrons. The van der Waals surface area contributed by atoms with E-state index >= 15 is 0 Å². The van der Waals surface area contributed by atoms with Gasteiger partial charge < -0.3 is 4.74 Å². The second kappa shape index (κ2) is 6.31. The van der Waals surface area contributed by atoms with Gasteiger partial charge in [-0.25, -0.2) is 0 Å². The van der Waals surface area contributed by atoms with Gasteiger partial charge in [-0.05, 0) is 6.42 Å². The first-order valence-corrected chi connectivity index (χ1v) is 3.03. The minimum Gasteiger partial charge on any atom is -0.381 e. The zero-order valence-electron chi connectivity index (χ0n) is 4.39. The van der Waals surface area contributed by atoms with Gasteiger partial charge in [-0.2, -0.15) is 12.6 Å². The molecule has 1 radical (unpaired) electrons. The predicted octanol–water partition coefficient (Wildman–Crippen LogP) is 1.16. The quantitative estimate of drug-likeness (QED) is 0.431. The van der Waals surface area contributed by atoms with Crippen LogP contribution in [0.1, 0.15) is 6.42 Å². The highest BCUT2D eigenvalue weighted by molar-refractivity contribution is 7.80. The summed E-state index contributed by atoms with van der Waals surface area (Å²) >= 11 is 3.95. The van der Waals surface area contributed by atoms with Gasteiger partial charge in [0, 0.05) is 12.4 Å². The van der Waals surface area contributed by atoms with E-state index in [0.717, 1.165) is 25.4 Å². The normalized spacial score (nSPS) is 9.43. The molecule has 0 unspecified atom stereocenters. The Morgan fingerprint density at radius 3 is 2.57 bits per heavy atom. The van der Waals surface area contributed by atoms with Crippen LogP contribution in [-0.4, -0.2) is 19.0 Å². The molecule has 0 saturated heterocycles. The summed E-state index contributed by atoms with van der Waals surface area (Å²) in [6.07, 6.45) is 0.855. The molecule has 0 rings (SSSR count). The fraction of sp³-hybridized carbons (Fsp3) is 0.800. The molecule has 7 heavy (non-hydrogen) atoms. The second-order valence-electron chi connectivity index (χ2n) is 1.19. The van der Waals surface area contributed by atoms with Crippen LogP contribution in [0.15, 0.2) is 0 Å². The van der Waals surface area contributed by atoms with Crippen LogP contribution in [0.3, 0.4) is 0 Å². The molecule has 0 bridgehead atoms. The highest BCUT2D eigenvalue weighted by atomic mass is 32.1. The topological polar surface area (TPSA) is 9.23 Å². The Balaban J connectivity index is 2.45. The fourth-order valence-corrected chi connectivity index (χ4v) is 0.398. The second-order valence-corrected chi connectivity index (χ2v) is 1.64. The van der Waals surface area contributed by atoms with Gasteiger partial charge in [0.1, 0.15) is 0 Å². The summed E-state index contributed by atoms with van der Waals surface area (Å²) in [4.78, 5) is 0. The Morgan fingerprint density at radius 1 is 1.43 bits per heavy atom. The lowest BCUT2D eigenvalue weighted by Gasteiger charge is -1.94. The van der Waals surface area contributed by atoms with Crippen molar-refractivity contribution < 1.29 is 4.74 Å². The van der Waals surface area contributed by atoms with E-state index in [-0.39, 0.29) is 0 Å². The van der Waals surface area contributed by atoms with Crippen LogP contribution in [-0.2, 0) is 4.74 Å². The van der Waals surface area contributed by atoms with Crippen LogP contribution in [0.2, 0.25) is 0 Å². The fourth-order valence-electron chi connectivity index (χ4n) is 0.269. The molecule has 0 heterocycles.